The number of aryl methyl sites for hydroxylation is 1. The average Bonchev–Trinajstić information content (AvgIpc) is 2.44. The number of ether oxygens (including phenoxy) is 2. The molecule has 0 amide bonds. The van der Waals surface area contributed by atoms with Crippen molar-refractivity contribution in [2.75, 3.05) is 7.11 Å². The van der Waals surface area contributed by atoms with E-state index in [2.05, 4.69) is 19.1 Å². The van der Waals surface area contributed by atoms with E-state index in [0.29, 0.717) is 0 Å². The lowest BCUT2D eigenvalue weighted by molar-refractivity contribution is -0.186. The van der Waals surface area contributed by atoms with Crippen LogP contribution < -0.4 is 4.74 Å². The van der Waals surface area contributed by atoms with E-state index in [-0.39, 0.29) is 18.0 Å². The Kier molecular flexibility index (Phi) is 4.83. The second-order valence-electron chi connectivity index (χ2n) is 5.11. The Bertz CT molecular complexity index is 411. The van der Waals surface area contributed by atoms with E-state index < -0.39 is 0 Å². The van der Waals surface area contributed by atoms with Gasteiger partial charge in [0.05, 0.1) is 13.0 Å². The maximum atomic E-state index is 11.4. The Morgan fingerprint density at radius 3 is 2.53 bits per heavy atom. The molecule has 1 aliphatic rings. The van der Waals surface area contributed by atoms with Crippen LogP contribution in [0.3, 0.4) is 0 Å². The molecule has 1 aliphatic heterocycles. The third kappa shape index (κ3) is 3.49. The molecule has 0 radical (unpaired) electrons. The van der Waals surface area contributed by atoms with Crippen molar-refractivity contribution in [2.24, 2.45) is 5.92 Å². The molecule has 2 unspecified atom stereocenters. The molecular formula is C16H22O3. The molecule has 0 aliphatic carbocycles. The molecule has 1 fully saturated rings. The van der Waals surface area contributed by atoms with Gasteiger partial charge in [0.25, 0.3) is 0 Å². The number of esters is 1. The first-order valence-corrected chi connectivity index (χ1v) is 7.08. The van der Waals surface area contributed by atoms with E-state index in [4.69, 9.17) is 9.47 Å². The molecule has 1 aromatic rings. The molecule has 3 heteroatoms. The molecule has 1 aromatic carbocycles. The van der Waals surface area contributed by atoms with E-state index in [1.807, 2.05) is 12.1 Å². The summed E-state index contributed by atoms with van der Waals surface area (Å²) >= 11 is 0. The minimum Gasteiger partial charge on any atom is -0.497 e. The first-order valence-electron chi connectivity index (χ1n) is 7.08. The summed E-state index contributed by atoms with van der Waals surface area (Å²) in [5, 5.41) is 0. The molecule has 0 saturated carbocycles. The van der Waals surface area contributed by atoms with Crippen molar-refractivity contribution < 1.29 is 14.3 Å². The summed E-state index contributed by atoms with van der Waals surface area (Å²) in [5.41, 5.74) is 1.29. The highest BCUT2D eigenvalue weighted by atomic mass is 16.6. The third-order valence-electron chi connectivity index (χ3n) is 3.73. The van der Waals surface area contributed by atoms with Gasteiger partial charge in [-0.25, -0.2) is 0 Å². The van der Waals surface area contributed by atoms with Crippen molar-refractivity contribution in [3.63, 3.8) is 0 Å². The van der Waals surface area contributed by atoms with Gasteiger partial charge < -0.3 is 9.47 Å². The van der Waals surface area contributed by atoms with Crippen LogP contribution in [0.15, 0.2) is 24.3 Å². The van der Waals surface area contributed by atoms with Crippen LogP contribution in [0.5, 0.6) is 5.75 Å². The van der Waals surface area contributed by atoms with E-state index >= 15 is 0 Å². The lowest BCUT2D eigenvalue weighted by atomic mass is 9.88. The van der Waals surface area contributed by atoms with Crippen LogP contribution in [0.25, 0.3) is 0 Å². The minimum atomic E-state index is -0.00631. The Morgan fingerprint density at radius 1 is 1.21 bits per heavy atom. The van der Waals surface area contributed by atoms with Crippen LogP contribution in [0.4, 0.5) is 0 Å². The van der Waals surface area contributed by atoms with Crippen LogP contribution in [0, 0.1) is 5.92 Å². The summed E-state index contributed by atoms with van der Waals surface area (Å²) in [5.74, 6) is 1.01. The zero-order chi connectivity index (χ0) is 13.7. The molecule has 3 nitrogen and oxygen atoms in total. The van der Waals surface area contributed by atoms with Crippen molar-refractivity contribution in [1.29, 1.82) is 0 Å². The SMILES string of the molecule is CCCC1OC(=O)C1CCCc1ccc(OC)cc1. The van der Waals surface area contributed by atoms with Crippen molar-refractivity contribution in [1.82, 2.24) is 0 Å². The van der Waals surface area contributed by atoms with Gasteiger partial charge in [-0.2, -0.15) is 0 Å². The van der Waals surface area contributed by atoms with Crippen LogP contribution >= 0.6 is 0 Å². The quantitative estimate of drug-likeness (QED) is 0.707. The van der Waals surface area contributed by atoms with Crippen molar-refractivity contribution >= 4 is 5.97 Å². The average molecular weight is 262 g/mol. The van der Waals surface area contributed by atoms with Crippen molar-refractivity contribution in [2.45, 2.75) is 45.1 Å². The number of methoxy groups -OCH3 is 1. The molecule has 0 aromatic heterocycles. The van der Waals surface area contributed by atoms with Gasteiger partial charge in [0.1, 0.15) is 11.9 Å². The predicted octanol–water partition coefficient (Wildman–Crippen LogP) is 3.36. The highest BCUT2D eigenvalue weighted by molar-refractivity contribution is 5.78. The van der Waals surface area contributed by atoms with Gasteiger partial charge in [-0.15, -0.1) is 0 Å². The monoisotopic (exact) mass is 262 g/mol. The molecule has 2 rings (SSSR count). The summed E-state index contributed by atoms with van der Waals surface area (Å²) in [6.07, 6.45) is 5.23. The summed E-state index contributed by atoms with van der Waals surface area (Å²) in [7, 11) is 1.67. The largest absolute Gasteiger partial charge is 0.497 e. The summed E-state index contributed by atoms with van der Waals surface area (Å²) in [6, 6.07) is 8.13. The standard InChI is InChI=1S/C16H22O3/c1-3-5-15-14(16(17)19-15)7-4-6-12-8-10-13(18-2)11-9-12/h8-11,14-15H,3-7H2,1-2H3. The van der Waals surface area contributed by atoms with E-state index in [9.17, 15) is 4.79 Å². The summed E-state index contributed by atoms with van der Waals surface area (Å²) < 4.78 is 10.3. The highest BCUT2D eigenvalue weighted by Crippen LogP contribution is 2.30. The van der Waals surface area contributed by atoms with Crippen LogP contribution in [0.2, 0.25) is 0 Å². The first kappa shape index (κ1) is 13.9. The number of carbonyl (C=O) groups is 1. The Hall–Kier alpha value is -1.51. The highest BCUT2D eigenvalue weighted by Gasteiger charge is 2.40. The van der Waals surface area contributed by atoms with Gasteiger partial charge in [0, 0.05) is 0 Å². The molecule has 1 heterocycles. The van der Waals surface area contributed by atoms with Gasteiger partial charge in [-0.05, 0) is 43.4 Å². The Balaban J connectivity index is 1.74. The summed E-state index contributed by atoms with van der Waals surface area (Å²) in [6.45, 7) is 2.13. The molecular weight excluding hydrogens is 240 g/mol. The third-order valence-corrected chi connectivity index (χ3v) is 3.73. The van der Waals surface area contributed by atoms with Crippen LogP contribution in [-0.2, 0) is 16.0 Å². The fourth-order valence-corrected chi connectivity index (χ4v) is 2.56. The fraction of sp³-hybridized carbons (Fsp3) is 0.562. The minimum absolute atomic E-state index is 0.00631. The maximum Gasteiger partial charge on any atom is 0.313 e. The Morgan fingerprint density at radius 2 is 1.95 bits per heavy atom. The van der Waals surface area contributed by atoms with E-state index in [0.717, 1.165) is 37.9 Å². The molecule has 104 valence electrons. The fourth-order valence-electron chi connectivity index (χ4n) is 2.56. The van der Waals surface area contributed by atoms with E-state index in [1.54, 1.807) is 7.11 Å². The summed E-state index contributed by atoms with van der Waals surface area (Å²) in [4.78, 5) is 11.4. The number of carbonyl (C=O) groups excluding carboxylic acids is 1. The zero-order valence-corrected chi connectivity index (χ0v) is 11.7. The number of benzene rings is 1. The second kappa shape index (κ2) is 6.60. The number of cyclic esters (lactones) is 1. The van der Waals surface area contributed by atoms with Gasteiger partial charge in [0.15, 0.2) is 0 Å². The van der Waals surface area contributed by atoms with Gasteiger partial charge >= 0.3 is 5.97 Å². The maximum absolute atomic E-state index is 11.4. The van der Waals surface area contributed by atoms with Crippen LogP contribution in [-0.4, -0.2) is 19.2 Å². The number of hydrogen-bond acceptors (Lipinski definition) is 3. The lowest BCUT2D eigenvalue weighted by Gasteiger charge is -2.35. The topological polar surface area (TPSA) is 35.5 Å². The molecule has 0 N–H and O–H groups in total. The van der Waals surface area contributed by atoms with E-state index in [1.165, 1.54) is 5.56 Å². The van der Waals surface area contributed by atoms with Gasteiger partial charge in [-0.3, -0.25) is 4.79 Å². The van der Waals surface area contributed by atoms with Gasteiger partial charge in [-0.1, -0.05) is 25.5 Å². The predicted molar refractivity (Wildman–Crippen MR) is 74.2 cm³/mol. The number of rotatable bonds is 7. The molecule has 0 spiro atoms. The molecule has 2 atom stereocenters. The first-order chi connectivity index (χ1) is 9.24. The van der Waals surface area contributed by atoms with Crippen LogP contribution in [0.1, 0.15) is 38.2 Å². The zero-order valence-electron chi connectivity index (χ0n) is 11.7. The molecule has 19 heavy (non-hydrogen) atoms. The number of hydrogen-bond donors (Lipinski definition) is 0. The smallest absolute Gasteiger partial charge is 0.313 e. The molecule has 1 saturated heterocycles. The normalized spacial score (nSPS) is 21.7. The lowest BCUT2D eigenvalue weighted by Crippen LogP contribution is -2.44. The Labute approximate surface area is 114 Å². The van der Waals surface area contributed by atoms with Crippen molar-refractivity contribution in [3.05, 3.63) is 29.8 Å². The molecule has 0 bridgehead atoms. The second-order valence-corrected chi connectivity index (χ2v) is 5.11. The van der Waals surface area contributed by atoms with Crippen molar-refractivity contribution in [3.8, 4) is 5.75 Å². The van der Waals surface area contributed by atoms with Gasteiger partial charge in [0.2, 0.25) is 0 Å².